The summed E-state index contributed by atoms with van der Waals surface area (Å²) in [7, 11) is -4.02. The minimum absolute atomic E-state index is 0.151. The molecule has 0 amide bonds. The molecular formula is C9H9ClNO5S-. The van der Waals surface area contributed by atoms with Gasteiger partial charge in [0.05, 0.1) is 23.5 Å². The van der Waals surface area contributed by atoms with Gasteiger partial charge in [-0.15, -0.1) is 0 Å². The van der Waals surface area contributed by atoms with Crippen LogP contribution in [0, 0.1) is 0 Å². The lowest BCUT2D eigenvalue weighted by atomic mass is 10.3. The van der Waals surface area contributed by atoms with Crippen LogP contribution in [0.5, 0.6) is 0 Å². The number of nitrogens with one attached hydrogen (secondary N) is 1. The molecule has 17 heavy (non-hydrogen) atoms. The predicted molar refractivity (Wildman–Crippen MR) is 57.7 cm³/mol. The summed E-state index contributed by atoms with van der Waals surface area (Å²) in [6.07, 6.45) is 0. The number of aliphatic hydroxyl groups excluding tert-OH is 1. The maximum absolute atomic E-state index is 11.7. The molecule has 0 heterocycles. The SMILES string of the molecule is O=C([O-])[C@H](CO)NS(=O)(=O)c1ccc(Cl)cc1. The molecule has 6 nitrogen and oxygen atoms in total. The van der Waals surface area contributed by atoms with E-state index in [1.165, 1.54) is 24.3 Å². The molecule has 0 aromatic heterocycles. The lowest BCUT2D eigenvalue weighted by Gasteiger charge is -2.17. The maximum atomic E-state index is 11.7. The van der Waals surface area contributed by atoms with E-state index >= 15 is 0 Å². The Balaban J connectivity index is 2.96. The van der Waals surface area contributed by atoms with Crippen LogP contribution in [0.25, 0.3) is 0 Å². The molecule has 0 fully saturated rings. The van der Waals surface area contributed by atoms with E-state index in [9.17, 15) is 18.3 Å². The molecule has 0 aliphatic carbocycles. The second-order valence-electron chi connectivity index (χ2n) is 3.13. The van der Waals surface area contributed by atoms with E-state index in [-0.39, 0.29) is 4.90 Å². The fourth-order valence-corrected chi connectivity index (χ4v) is 2.33. The van der Waals surface area contributed by atoms with Crippen LogP contribution in [-0.4, -0.2) is 32.1 Å². The molecule has 2 N–H and O–H groups in total. The van der Waals surface area contributed by atoms with Crippen molar-refractivity contribution in [2.45, 2.75) is 10.9 Å². The first-order chi connectivity index (χ1) is 7.86. The highest BCUT2D eigenvalue weighted by Crippen LogP contribution is 2.14. The van der Waals surface area contributed by atoms with Crippen LogP contribution in [0.4, 0.5) is 0 Å². The van der Waals surface area contributed by atoms with Crippen molar-refractivity contribution in [2.24, 2.45) is 0 Å². The van der Waals surface area contributed by atoms with Gasteiger partial charge in [-0.1, -0.05) is 11.6 Å². The van der Waals surface area contributed by atoms with E-state index in [2.05, 4.69) is 0 Å². The van der Waals surface area contributed by atoms with Gasteiger partial charge in [0.2, 0.25) is 10.0 Å². The summed E-state index contributed by atoms with van der Waals surface area (Å²) in [5, 5.41) is 19.5. The van der Waals surface area contributed by atoms with Crippen LogP contribution >= 0.6 is 11.6 Å². The van der Waals surface area contributed by atoms with E-state index < -0.39 is 28.6 Å². The van der Waals surface area contributed by atoms with Crippen molar-refractivity contribution in [3.05, 3.63) is 29.3 Å². The quantitative estimate of drug-likeness (QED) is 0.698. The molecule has 0 saturated carbocycles. The van der Waals surface area contributed by atoms with Crippen LogP contribution in [0.2, 0.25) is 5.02 Å². The number of aliphatic carboxylic acids is 1. The predicted octanol–water partition coefficient (Wildman–Crippen LogP) is -1.27. The molecule has 0 spiro atoms. The van der Waals surface area contributed by atoms with Crippen LogP contribution < -0.4 is 9.83 Å². The van der Waals surface area contributed by atoms with Crippen LogP contribution in [0.15, 0.2) is 29.2 Å². The summed E-state index contributed by atoms with van der Waals surface area (Å²) < 4.78 is 25.1. The Bertz CT molecular complexity index is 499. The Labute approximate surface area is 103 Å². The van der Waals surface area contributed by atoms with E-state index in [1.807, 2.05) is 0 Å². The van der Waals surface area contributed by atoms with Crippen LogP contribution in [0.1, 0.15) is 0 Å². The average Bonchev–Trinajstić information content (AvgIpc) is 2.26. The van der Waals surface area contributed by atoms with Gasteiger partial charge in [0.1, 0.15) is 0 Å². The number of carbonyl (C=O) groups excluding carboxylic acids is 1. The molecule has 1 aromatic carbocycles. The van der Waals surface area contributed by atoms with Crippen molar-refractivity contribution in [3.63, 3.8) is 0 Å². The summed E-state index contributed by atoms with van der Waals surface area (Å²) in [4.78, 5) is 10.3. The number of carboxylic acids is 1. The Morgan fingerprint density at radius 1 is 1.41 bits per heavy atom. The highest BCUT2D eigenvalue weighted by molar-refractivity contribution is 7.89. The van der Waals surface area contributed by atoms with Crippen molar-refractivity contribution in [2.75, 3.05) is 6.61 Å². The molecule has 0 saturated heterocycles. The number of sulfonamides is 1. The number of hydrogen-bond acceptors (Lipinski definition) is 5. The van der Waals surface area contributed by atoms with Crippen molar-refractivity contribution >= 4 is 27.6 Å². The van der Waals surface area contributed by atoms with Crippen molar-refractivity contribution < 1.29 is 23.4 Å². The zero-order valence-electron chi connectivity index (χ0n) is 8.46. The van der Waals surface area contributed by atoms with Crippen molar-refractivity contribution in [3.8, 4) is 0 Å². The number of carbonyl (C=O) groups is 1. The lowest BCUT2D eigenvalue weighted by Crippen LogP contribution is -2.49. The number of hydrogen-bond donors (Lipinski definition) is 2. The second-order valence-corrected chi connectivity index (χ2v) is 5.28. The third-order valence-electron chi connectivity index (χ3n) is 1.89. The van der Waals surface area contributed by atoms with Crippen LogP contribution in [-0.2, 0) is 14.8 Å². The van der Waals surface area contributed by atoms with Gasteiger partial charge in [-0.2, -0.15) is 0 Å². The molecule has 0 unspecified atom stereocenters. The molecule has 8 heteroatoms. The highest BCUT2D eigenvalue weighted by atomic mass is 35.5. The first-order valence-electron chi connectivity index (χ1n) is 4.46. The fraction of sp³-hybridized carbons (Fsp3) is 0.222. The molecular weight excluding hydrogens is 270 g/mol. The molecule has 1 aromatic rings. The molecule has 1 rings (SSSR count). The van der Waals surface area contributed by atoms with E-state index in [0.29, 0.717) is 5.02 Å². The third-order valence-corrected chi connectivity index (χ3v) is 3.63. The molecule has 0 bridgehead atoms. The number of rotatable bonds is 5. The van der Waals surface area contributed by atoms with Gasteiger partial charge in [-0.25, -0.2) is 13.1 Å². The minimum atomic E-state index is -4.02. The summed E-state index contributed by atoms with van der Waals surface area (Å²) in [5.74, 6) is -1.70. The Morgan fingerprint density at radius 3 is 2.35 bits per heavy atom. The summed E-state index contributed by atoms with van der Waals surface area (Å²) in [6, 6.07) is 3.45. The van der Waals surface area contributed by atoms with E-state index in [1.54, 1.807) is 4.72 Å². The molecule has 0 radical (unpaired) electrons. The van der Waals surface area contributed by atoms with Gasteiger partial charge < -0.3 is 15.0 Å². The fourth-order valence-electron chi connectivity index (χ4n) is 1.03. The molecule has 1 atom stereocenters. The Morgan fingerprint density at radius 2 is 1.94 bits per heavy atom. The van der Waals surface area contributed by atoms with E-state index in [4.69, 9.17) is 16.7 Å². The summed E-state index contributed by atoms with van der Waals surface area (Å²) in [6.45, 7) is -0.894. The van der Waals surface area contributed by atoms with Crippen LogP contribution in [0.3, 0.4) is 0 Å². The molecule has 94 valence electrons. The smallest absolute Gasteiger partial charge is 0.241 e. The number of carboxylic acid groups (broad SMARTS) is 1. The van der Waals surface area contributed by atoms with Gasteiger partial charge in [0.25, 0.3) is 0 Å². The summed E-state index contributed by atoms with van der Waals surface area (Å²) in [5.41, 5.74) is 0. The van der Waals surface area contributed by atoms with Crippen molar-refractivity contribution in [1.82, 2.24) is 4.72 Å². The van der Waals surface area contributed by atoms with Gasteiger partial charge in [0, 0.05) is 5.02 Å². The van der Waals surface area contributed by atoms with Crippen molar-refractivity contribution in [1.29, 1.82) is 0 Å². The second kappa shape index (κ2) is 5.46. The highest BCUT2D eigenvalue weighted by Gasteiger charge is 2.20. The zero-order valence-corrected chi connectivity index (χ0v) is 10.0. The third kappa shape index (κ3) is 3.67. The standard InChI is InChI=1S/C9H10ClNO5S/c10-6-1-3-7(4-2-6)17(15,16)11-8(5-12)9(13)14/h1-4,8,11-12H,5H2,(H,13,14)/p-1/t8-/m0/s1. The normalized spacial score (nSPS) is 13.3. The number of halogens is 1. The Hall–Kier alpha value is -1.15. The lowest BCUT2D eigenvalue weighted by molar-refractivity contribution is -0.308. The van der Waals surface area contributed by atoms with Gasteiger partial charge >= 0.3 is 0 Å². The first-order valence-corrected chi connectivity index (χ1v) is 6.32. The number of benzene rings is 1. The van der Waals surface area contributed by atoms with Gasteiger partial charge in [0.15, 0.2) is 0 Å². The largest absolute Gasteiger partial charge is 0.548 e. The maximum Gasteiger partial charge on any atom is 0.241 e. The molecule has 0 aliphatic heterocycles. The topological polar surface area (TPSA) is 107 Å². The summed E-state index contributed by atoms with van der Waals surface area (Å²) >= 11 is 5.59. The van der Waals surface area contributed by atoms with E-state index in [0.717, 1.165) is 0 Å². The monoisotopic (exact) mass is 278 g/mol. The Kier molecular flexibility index (Phi) is 4.47. The zero-order chi connectivity index (χ0) is 13.1. The number of aliphatic hydroxyl groups is 1. The first kappa shape index (κ1) is 13.9. The molecule has 0 aliphatic rings. The van der Waals surface area contributed by atoms with Gasteiger partial charge in [-0.05, 0) is 24.3 Å². The minimum Gasteiger partial charge on any atom is -0.548 e. The van der Waals surface area contributed by atoms with Gasteiger partial charge in [-0.3, -0.25) is 0 Å². The average molecular weight is 279 g/mol.